The number of halogens is 1. The summed E-state index contributed by atoms with van der Waals surface area (Å²) in [5.41, 5.74) is 1.04. The van der Waals surface area contributed by atoms with E-state index in [4.69, 9.17) is 11.6 Å². The zero-order valence-corrected chi connectivity index (χ0v) is 8.54. The largest absolute Gasteiger partial charge is 0.468 e. The Labute approximate surface area is 88.1 Å². The minimum absolute atomic E-state index is 0.469. The zero-order chi connectivity index (χ0) is 10.2. The molecule has 0 unspecified atom stereocenters. The van der Waals surface area contributed by atoms with Gasteiger partial charge in [-0.2, -0.15) is 0 Å². The smallest absolute Gasteiger partial charge is 0.293 e. The second kappa shape index (κ2) is 6.38. The maximum absolute atomic E-state index is 9.84. The molecule has 0 fully saturated rings. The molecule has 0 spiro atoms. The van der Waals surface area contributed by atoms with Crippen LogP contribution in [0.15, 0.2) is 18.5 Å². The average molecular weight is 214 g/mol. The molecular formula is C10H12ClNO2. The summed E-state index contributed by atoms with van der Waals surface area (Å²) in [5.74, 6) is 0. The van der Waals surface area contributed by atoms with Crippen LogP contribution in [0.1, 0.15) is 18.4 Å². The van der Waals surface area contributed by atoms with Crippen molar-refractivity contribution in [1.29, 1.82) is 0 Å². The minimum atomic E-state index is 0.469. The lowest BCUT2D eigenvalue weighted by Crippen LogP contribution is -1.94. The normalized spacial score (nSPS) is 9.79. The molecule has 0 aromatic carbocycles. The van der Waals surface area contributed by atoms with Crippen LogP contribution in [-0.4, -0.2) is 18.1 Å². The number of aromatic nitrogens is 1. The number of hydrogen-bond acceptors (Lipinski definition) is 3. The number of carbonyl (C=O) groups is 1. The Balaban J connectivity index is 2.24. The highest BCUT2D eigenvalue weighted by atomic mass is 35.5. The van der Waals surface area contributed by atoms with E-state index in [1.165, 1.54) is 0 Å². The molecule has 0 aliphatic rings. The molecule has 0 saturated carbocycles. The summed E-state index contributed by atoms with van der Waals surface area (Å²) in [7, 11) is 0. The molecule has 3 nitrogen and oxygen atoms in total. The molecule has 0 saturated heterocycles. The first-order valence-corrected chi connectivity index (χ1v) is 4.86. The van der Waals surface area contributed by atoms with Crippen molar-refractivity contribution >= 4 is 18.1 Å². The number of nitrogens with zero attached hydrogens (tertiary/aromatic N) is 1. The van der Waals surface area contributed by atoms with E-state index >= 15 is 0 Å². The van der Waals surface area contributed by atoms with E-state index in [9.17, 15) is 4.79 Å². The summed E-state index contributed by atoms with van der Waals surface area (Å²) in [4.78, 5) is 13.8. The van der Waals surface area contributed by atoms with Crippen LogP contribution in [0.4, 0.5) is 0 Å². The first-order valence-electron chi connectivity index (χ1n) is 4.48. The molecule has 0 atom stereocenters. The molecule has 76 valence electrons. The van der Waals surface area contributed by atoms with Crippen LogP contribution in [0.25, 0.3) is 0 Å². The fraction of sp³-hybridized carbons (Fsp3) is 0.400. The van der Waals surface area contributed by atoms with Gasteiger partial charge in [0.05, 0.1) is 6.61 Å². The molecule has 0 N–H and O–H groups in total. The van der Waals surface area contributed by atoms with Gasteiger partial charge in [0.2, 0.25) is 0 Å². The van der Waals surface area contributed by atoms with Crippen LogP contribution in [-0.2, 0) is 16.0 Å². The predicted octanol–water partition coefficient (Wildman–Crippen LogP) is 2.23. The standard InChI is InChI=1S/C10H12ClNO2/c11-10-4-5-12-7-9(10)3-1-2-6-14-8-13/h4-5,7-8H,1-3,6H2. The highest BCUT2D eigenvalue weighted by Gasteiger charge is 1.98. The third-order valence-electron chi connectivity index (χ3n) is 1.87. The van der Waals surface area contributed by atoms with E-state index in [2.05, 4.69) is 9.72 Å². The number of ether oxygens (including phenoxy) is 1. The predicted molar refractivity (Wildman–Crippen MR) is 54.2 cm³/mol. The van der Waals surface area contributed by atoms with Crippen LogP contribution in [0.2, 0.25) is 5.02 Å². The maximum atomic E-state index is 9.84. The molecule has 4 heteroatoms. The lowest BCUT2D eigenvalue weighted by molar-refractivity contribution is -0.128. The highest BCUT2D eigenvalue weighted by molar-refractivity contribution is 6.31. The molecule has 1 aromatic heterocycles. The second-order valence-corrected chi connectivity index (χ2v) is 3.30. The Morgan fingerprint density at radius 3 is 3.07 bits per heavy atom. The Kier molecular flexibility index (Phi) is 5.00. The maximum Gasteiger partial charge on any atom is 0.293 e. The monoisotopic (exact) mass is 213 g/mol. The molecule has 0 aliphatic heterocycles. The summed E-state index contributed by atoms with van der Waals surface area (Å²) in [6.07, 6.45) is 6.10. The Hall–Kier alpha value is -1.09. The topological polar surface area (TPSA) is 39.2 Å². The van der Waals surface area contributed by atoms with Crippen molar-refractivity contribution in [3.63, 3.8) is 0 Å². The van der Waals surface area contributed by atoms with Crippen molar-refractivity contribution in [2.24, 2.45) is 0 Å². The molecule has 1 rings (SSSR count). The van der Waals surface area contributed by atoms with Crippen molar-refractivity contribution in [2.75, 3.05) is 6.61 Å². The van der Waals surface area contributed by atoms with E-state index < -0.39 is 0 Å². The second-order valence-electron chi connectivity index (χ2n) is 2.89. The van der Waals surface area contributed by atoms with Crippen molar-refractivity contribution in [2.45, 2.75) is 19.3 Å². The van der Waals surface area contributed by atoms with Crippen LogP contribution >= 0.6 is 11.6 Å². The Morgan fingerprint density at radius 2 is 2.36 bits per heavy atom. The molecule has 1 heterocycles. The van der Waals surface area contributed by atoms with Gasteiger partial charge in [-0.25, -0.2) is 0 Å². The zero-order valence-electron chi connectivity index (χ0n) is 7.78. The number of hydrogen-bond donors (Lipinski definition) is 0. The first-order chi connectivity index (χ1) is 6.84. The first kappa shape index (κ1) is 11.0. The van der Waals surface area contributed by atoms with Crippen molar-refractivity contribution in [3.05, 3.63) is 29.0 Å². The molecule has 0 radical (unpaired) electrons. The lowest BCUT2D eigenvalue weighted by Gasteiger charge is -2.02. The molecule has 0 aliphatic carbocycles. The van der Waals surface area contributed by atoms with Crippen molar-refractivity contribution in [3.8, 4) is 0 Å². The minimum Gasteiger partial charge on any atom is -0.468 e. The Bertz CT molecular complexity index is 291. The van der Waals surface area contributed by atoms with E-state index in [0.717, 1.165) is 29.8 Å². The summed E-state index contributed by atoms with van der Waals surface area (Å²) < 4.78 is 4.57. The van der Waals surface area contributed by atoms with Gasteiger partial charge in [-0.1, -0.05) is 11.6 Å². The summed E-state index contributed by atoms with van der Waals surface area (Å²) in [6, 6.07) is 1.78. The summed E-state index contributed by atoms with van der Waals surface area (Å²) in [5, 5.41) is 0.747. The number of aryl methyl sites for hydroxylation is 1. The van der Waals surface area contributed by atoms with Crippen molar-refractivity contribution in [1.82, 2.24) is 4.98 Å². The van der Waals surface area contributed by atoms with Gasteiger partial charge < -0.3 is 4.74 Å². The van der Waals surface area contributed by atoms with Gasteiger partial charge in [-0.15, -0.1) is 0 Å². The van der Waals surface area contributed by atoms with E-state index in [1.54, 1.807) is 18.5 Å². The van der Waals surface area contributed by atoms with Gasteiger partial charge >= 0.3 is 0 Å². The summed E-state index contributed by atoms with van der Waals surface area (Å²) >= 11 is 5.94. The quantitative estimate of drug-likeness (QED) is 0.537. The highest BCUT2D eigenvalue weighted by Crippen LogP contribution is 2.15. The van der Waals surface area contributed by atoms with Gasteiger partial charge in [0.15, 0.2) is 0 Å². The van der Waals surface area contributed by atoms with Gasteiger partial charge in [-0.3, -0.25) is 9.78 Å². The van der Waals surface area contributed by atoms with E-state index in [0.29, 0.717) is 13.1 Å². The van der Waals surface area contributed by atoms with Crippen LogP contribution < -0.4 is 0 Å². The average Bonchev–Trinajstić information content (AvgIpc) is 2.20. The van der Waals surface area contributed by atoms with Crippen LogP contribution in [0.5, 0.6) is 0 Å². The fourth-order valence-corrected chi connectivity index (χ4v) is 1.34. The lowest BCUT2D eigenvalue weighted by atomic mass is 10.1. The molecule has 0 bridgehead atoms. The SMILES string of the molecule is O=COCCCCc1cnccc1Cl. The Morgan fingerprint density at radius 1 is 1.50 bits per heavy atom. The number of pyridine rings is 1. The van der Waals surface area contributed by atoms with E-state index in [-0.39, 0.29) is 0 Å². The van der Waals surface area contributed by atoms with E-state index in [1.807, 2.05) is 0 Å². The molecule has 1 aromatic rings. The number of rotatable bonds is 6. The van der Waals surface area contributed by atoms with Crippen LogP contribution in [0, 0.1) is 0 Å². The third kappa shape index (κ3) is 3.75. The summed E-state index contributed by atoms with van der Waals surface area (Å²) in [6.45, 7) is 0.943. The molecule has 14 heavy (non-hydrogen) atoms. The van der Waals surface area contributed by atoms with Crippen LogP contribution in [0.3, 0.4) is 0 Å². The molecule has 0 amide bonds. The third-order valence-corrected chi connectivity index (χ3v) is 2.24. The van der Waals surface area contributed by atoms with Gasteiger partial charge in [-0.05, 0) is 30.9 Å². The molecular weight excluding hydrogens is 202 g/mol. The van der Waals surface area contributed by atoms with Crippen molar-refractivity contribution < 1.29 is 9.53 Å². The van der Waals surface area contributed by atoms with Gasteiger partial charge in [0.1, 0.15) is 0 Å². The van der Waals surface area contributed by atoms with Gasteiger partial charge in [0.25, 0.3) is 6.47 Å². The number of carbonyl (C=O) groups excluding carboxylic acids is 1. The van der Waals surface area contributed by atoms with Gasteiger partial charge in [0, 0.05) is 17.4 Å². The number of unbranched alkanes of at least 4 members (excludes halogenated alkanes) is 1. The fourth-order valence-electron chi connectivity index (χ4n) is 1.14.